The maximum Gasteiger partial charge on any atom is 0.280 e. The maximum atomic E-state index is 11.5. The van der Waals surface area contributed by atoms with Crippen LogP contribution in [0.2, 0.25) is 5.02 Å². The summed E-state index contributed by atoms with van der Waals surface area (Å²) in [6.07, 6.45) is 1.03. The number of aliphatic hydroxyl groups excluding tert-OH is 1. The van der Waals surface area contributed by atoms with Crippen LogP contribution >= 0.6 is 11.6 Å². The second kappa shape index (κ2) is 5.41. The zero-order valence-corrected chi connectivity index (χ0v) is 8.99. The van der Waals surface area contributed by atoms with E-state index in [2.05, 4.69) is 0 Å². The molecule has 1 N–H and O–H groups in total. The normalized spacial score (nSPS) is 11.2. The molecule has 3 nitrogen and oxygen atoms in total. The first kappa shape index (κ1) is 11.6. The number of carbonyl (C=O) groups is 1. The Morgan fingerprint density at radius 3 is 2.60 bits per heavy atom. The van der Waals surface area contributed by atoms with Gasteiger partial charge < -0.3 is 9.84 Å². The molecule has 0 saturated carbocycles. The van der Waals surface area contributed by atoms with E-state index in [0.29, 0.717) is 17.2 Å². The van der Waals surface area contributed by atoms with Gasteiger partial charge in [-0.3, -0.25) is 4.79 Å². The number of hydrogen-bond donors (Lipinski definition) is 1. The molecule has 0 unspecified atom stereocenters. The summed E-state index contributed by atoms with van der Waals surface area (Å²) in [7, 11) is 0. The number of halogens is 1. The van der Waals surface area contributed by atoms with E-state index < -0.39 is 0 Å². The van der Waals surface area contributed by atoms with E-state index in [0.717, 1.165) is 6.08 Å². The van der Waals surface area contributed by atoms with Gasteiger partial charge in [-0.2, -0.15) is 0 Å². The maximum absolute atomic E-state index is 11.5. The van der Waals surface area contributed by atoms with E-state index in [9.17, 15) is 4.79 Å². The fourth-order valence-electron chi connectivity index (χ4n) is 0.999. The topological polar surface area (TPSA) is 46.5 Å². The minimum Gasteiger partial charge on any atom is -0.481 e. The van der Waals surface area contributed by atoms with Gasteiger partial charge in [-0.1, -0.05) is 11.6 Å². The van der Waals surface area contributed by atoms with E-state index in [-0.39, 0.29) is 11.7 Å². The van der Waals surface area contributed by atoms with Crippen molar-refractivity contribution in [2.45, 2.75) is 6.92 Å². The highest BCUT2D eigenvalue weighted by atomic mass is 35.5. The van der Waals surface area contributed by atoms with Crippen molar-refractivity contribution < 1.29 is 14.6 Å². The van der Waals surface area contributed by atoms with Crippen LogP contribution in [0.4, 0.5) is 0 Å². The van der Waals surface area contributed by atoms with Gasteiger partial charge in [-0.25, -0.2) is 0 Å². The lowest BCUT2D eigenvalue weighted by Crippen LogP contribution is -1.98. The van der Waals surface area contributed by atoms with Crippen molar-refractivity contribution in [3.63, 3.8) is 0 Å². The lowest BCUT2D eigenvalue weighted by molar-refractivity contribution is 0.0920. The molecule has 0 bridgehead atoms. The van der Waals surface area contributed by atoms with Gasteiger partial charge in [-0.15, -0.1) is 0 Å². The van der Waals surface area contributed by atoms with Crippen molar-refractivity contribution in [1.29, 1.82) is 0 Å². The predicted octanol–water partition coefficient (Wildman–Crippen LogP) is 2.96. The average molecular weight is 227 g/mol. The standard InChI is InChI=1S/C11H11ClO3/c1-2-15-11(14)7-10(13)8-3-5-9(12)6-4-8/h3-7,14H,2H2,1H3/b11-7+. The number of hydrogen-bond acceptors (Lipinski definition) is 3. The largest absolute Gasteiger partial charge is 0.481 e. The van der Waals surface area contributed by atoms with Crippen LogP contribution in [-0.2, 0) is 4.74 Å². The minimum absolute atomic E-state index is 0.316. The molecule has 0 spiro atoms. The molecule has 15 heavy (non-hydrogen) atoms. The minimum atomic E-state index is -0.377. The average Bonchev–Trinajstić information content (AvgIpc) is 2.18. The summed E-state index contributed by atoms with van der Waals surface area (Å²) >= 11 is 5.67. The molecule has 0 aliphatic rings. The van der Waals surface area contributed by atoms with Crippen molar-refractivity contribution in [1.82, 2.24) is 0 Å². The highest BCUT2D eigenvalue weighted by Crippen LogP contribution is 2.10. The number of carbonyl (C=O) groups excluding carboxylic acids is 1. The van der Waals surface area contributed by atoms with E-state index in [1.807, 2.05) is 0 Å². The molecule has 0 amide bonds. The second-order valence-electron chi connectivity index (χ2n) is 2.79. The van der Waals surface area contributed by atoms with Gasteiger partial charge >= 0.3 is 0 Å². The Morgan fingerprint density at radius 2 is 2.07 bits per heavy atom. The zero-order chi connectivity index (χ0) is 11.3. The first-order valence-corrected chi connectivity index (χ1v) is 4.84. The molecule has 0 aliphatic carbocycles. The molecule has 0 radical (unpaired) electrons. The van der Waals surface area contributed by atoms with E-state index in [1.54, 1.807) is 31.2 Å². The first-order chi connectivity index (χ1) is 7.13. The number of ether oxygens (including phenoxy) is 1. The molecule has 0 heterocycles. The summed E-state index contributed by atoms with van der Waals surface area (Å²) in [5.74, 6) is -0.699. The van der Waals surface area contributed by atoms with Gasteiger partial charge in [0.25, 0.3) is 5.95 Å². The summed E-state index contributed by atoms with van der Waals surface area (Å²) in [6, 6.07) is 6.39. The molecule has 80 valence electrons. The Hall–Kier alpha value is -1.48. The van der Waals surface area contributed by atoms with Crippen molar-refractivity contribution in [3.05, 3.63) is 46.9 Å². The number of aliphatic hydroxyl groups is 1. The zero-order valence-electron chi connectivity index (χ0n) is 8.24. The van der Waals surface area contributed by atoms with Gasteiger partial charge in [0.2, 0.25) is 0 Å². The monoisotopic (exact) mass is 226 g/mol. The molecule has 0 aliphatic heterocycles. The SMILES string of the molecule is CCO/C(O)=C/C(=O)c1ccc(Cl)cc1. The van der Waals surface area contributed by atoms with Crippen LogP contribution in [0, 0.1) is 0 Å². The highest BCUT2D eigenvalue weighted by molar-refractivity contribution is 6.30. The Balaban J connectivity index is 2.77. The summed E-state index contributed by atoms with van der Waals surface area (Å²) in [5, 5.41) is 9.69. The van der Waals surface area contributed by atoms with Crippen LogP contribution in [0.5, 0.6) is 0 Å². The molecule has 0 saturated heterocycles. The lowest BCUT2D eigenvalue weighted by atomic mass is 10.1. The Kier molecular flexibility index (Phi) is 4.18. The fourth-order valence-corrected chi connectivity index (χ4v) is 1.13. The summed E-state index contributed by atoms with van der Waals surface area (Å²) < 4.78 is 4.73. The third kappa shape index (κ3) is 3.64. The van der Waals surface area contributed by atoms with E-state index >= 15 is 0 Å². The van der Waals surface area contributed by atoms with Gasteiger partial charge in [0.15, 0.2) is 5.78 Å². The van der Waals surface area contributed by atoms with Gasteiger partial charge in [-0.05, 0) is 31.2 Å². The molecule has 1 rings (SSSR count). The van der Waals surface area contributed by atoms with Crippen LogP contribution < -0.4 is 0 Å². The Bertz CT molecular complexity index is 368. The third-order valence-corrected chi connectivity index (χ3v) is 1.93. The second-order valence-corrected chi connectivity index (χ2v) is 3.22. The van der Waals surface area contributed by atoms with Crippen molar-refractivity contribution in [2.75, 3.05) is 6.61 Å². The number of allylic oxidation sites excluding steroid dienone is 1. The summed E-state index contributed by atoms with van der Waals surface area (Å²) in [4.78, 5) is 11.5. The van der Waals surface area contributed by atoms with Crippen LogP contribution in [0.25, 0.3) is 0 Å². The molecule has 0 fully saturated rings. The van der Waals surface area contributed by atoms with Gasteiger partial charge in [0.1, 0.15) is 0 Å². The quantitative estimate of drug-likeness (QED) is 0.488. The lowest BCUT2D eigenvalue weighted by Gasteiger charge is -2.00. The predicted molar refractivity (Wildman–Crippen MR) is 58.1 cm³/mol. The number of rotatable bonds is 4. The summed E-state index contributed by atoms with van der Waals surface area (Å²) in [6.45, 7) is 2.03. The summed E-state index contributed by atoms with van der Waals surface area (Å²) in [5.41, 5.74) is 0.450. The number of benzene rings is 1. The molecule has 0 atom stereocenters. The van der Waals surface area contributed by atoms with Crippen LogP contribution in [0.15, 0.2) is 36.3 Å². The van der Waals surface area contributed by atoms with Crippen LogP contribution in [0.1, 0.15) is 17.3 Å². The smallest absolute Gasteiger partial charge is 0.280 e. The van der Waals surface area contributed by atoms with Crippen LogP contribution in [-0.4, -0.2) is 17.5 Å². The highest BCUT2D eigenvalue weighted by Gasteiger charge is 2.04. The third-order valence-electron chi connectivity index (χ3n) is 1.68. The van der Waals surface area contributed by atoms with Crippen molar-refractivity contribution in [3.8, 4) is 0 Å². The van der Waals surface area contributed by atoms with E-state index in [4.69, 9.17) is 21.4 Å². The van der Waals surface area contributed by atoms with E-state index in [1.165, 1.54) is 0 Å². The Morgan fingerprint density at radius 1 is 1.47 bits per heavy atom. The fraction of sp³-hybridized carbons (Fsp3) is 0.182. The molecule has 4 heteroatoms. The molecule has 1 aromatic carbocycles. The molecule has 1 aromatic rings. The molecular formula is C11H11ClO3. The molecule has 0 aromatic heterocycles. The van der Waals surface area contributed by atoms with Crippen molar-refractivity contribution >= 4 is 17.4 Å². The molecular weight excluding hydrogens is 216 g/mol. The van der Waals surface area contributed by atoms with Crippen molar-refractivity contribution in [2.24, 2.45) is 0 Å². The number of ketones is 1. The van der Waals surface area contributed by atoms with Crippen LogP contribution in [0.3, 0.4) is 0 Å². The van der Waals surface area contributed by atoms with Gasteiger partial charge in [0, 0.05) is 10.6 Å². The Labute approximate surface area is 92.9 Å². The van der Waals surface area contributed by atoms with Gasteiger partial charge in [0.05, 0.1) is 12.7 Å². The first-order valence-electron chi connectivity index (χ1n) is 4.47.